The molecule has 6 nitrogen and oxygen atoms in total. The Morgan fingerprint density at radius 3 is 2.79 bits per heavy atom. The lowest BCUT2D eigenvalue weighted by molar-refractivity contribution is 0.0423. The van der Waals surface area contributed by atoms with Gasteiger partial charge in [-0.25, -0.2) is 4.98 Å². The molecule has 152 valence electrons. The predicted molar refractivity (Wildman–Crippen MR) is 117 cm³/mol. The Kier molecular flexibility index (Phi) is 5.81. The average molecular weight is 393 g/mol. The summed E-state index contributed by atoms with van der Waals surface area (Å²) in [5.74, 6) is 1.82. The highest BCUT2D eigenvalue weighted by molar-refractivity contribution is 5.85. The van der Waals surface area contributed by atoms with Crippen LogP contribution in [0.4, 0.5) is 5.69 Å². The van der Waals surface area contributed by atoms with Crippen molar-refractivity contribution in [1.82, 2.24) is 9.97 Å². The van der Waals surface area contributed by atoms with Crippen LogP contribution in [0.5, 0.6) is 5.75 Å². The van der Waals surface area contributed by atoms with Crippen LogP contribution in [0, 0.1) is 5.92 Å². The van der Waals surface area contributed by atoms with E-state index in [-0.39, 0.29) is 6.10 Å². The van der Waals surface area contributed by atoms with Gasteiger partial charge in [0.15, 0.2) is 0 Å². The van der Waals surface area contributed by atoms with E-state index in [2.05, 4.69) is 52.3 Å². The second-order valence-electron chi connectivity index (χ2n) is 7.62. The minimum atomic E-state index is 0.235. The lowest BCUT2D eigenvalue weighted by atomic mass is 9.85. The molecule has 3 aromatic rings. The largest absolute Gasteiger partial charge is 0.497 e. The molecule has 1 saturated carbocycles. The number of anilines is 1. The smallest absolute Gasteiger partial charge is 0.137 e. The van der Waals surface area contributed by atoms with E-state index in [0.29, 0.717) is 18.4 Å². The zero-order chi connectivity index (χ0) is 20.2. The molecule has 1 aliphatic rings. The van der Waals surface area contributed by atoms with E-state index in [0.717, 1.165) is 47.3 Å². The van der Waals surface area contributed by atoms with Gasteiger partial charge in [-0.05, 0) is 54.0 Å². The van der Waals surface area contributed by atoms with Crippen LogP contribution < -0.4 is 10.2 Å². The van der Waals surface area contributed by atoms with Crippen LogP contribution in [0.3, 0.4) is 0 Å². The predicted octanol–water partition coefficient (Wildman–Crippen LogP) is 5.09. The number of H-pyrrole nitrogens is 1. The molecule has 0 amide bonds. The van der Waals surface area contributed by atoms with Gasteiger partial charge in [0.2, 0.25) is 0 Å². The van der Waals surface area contributed by atoms with Crippen LogP contribution in [-0.2, 0) is 11.3 Å². The molecule has 29 heavy (non-hydrogen) atoms. The Labute approximate surface area is 171 Å². The van der Waals surface area contributed by atoms with Gasteiger partial charge in [-0.3, -0.25) is 5.43 Å². The van der Waals surface area contributed by atoms with Gasteiger partial charge >= 0.3 is 0 Å². The number of nitrogens with one attached hydrogen (secondary N) is 2. The zero-order valence-corrected chi connectivity index (χ0v) is 17.0. The highest BCUT2D eigenvalue weighted by Gasteiger charge is 2.37. The molecular formula is C23H28N4O2. The van der Waals surface area contributed by atoms with Gasteiger partial charge in [-0.15, -0.1) is 0 Å². The highest BCUT2D eigenvalue weighted by Crippen LogP contribution is 2.47. The summed E-state index contributed by atoms with van der Waals surface area (Å²) in [4.78, 5) is 7.73. The van der Waals surface area contributed by atoms with Crippen molar-refractivity contribution in [2.75, 3.05) is 12.5 Å². The lowest BCUT2D eigenvalue weighted by Crippen LogP contribution is -2.09. The third-order valence-corrected chi connectivity index (χ3v) is 6.02. The fourth-order valence-corrected chi connectivity index (χ4v) is 4.55. The van der Waals surface area contributed by atoms with E-state index in [1.54, 1.807) is 7.11 Å². The summed E-state index contributed by atoms with van der Waals surface area (Å²) in [6.07, 6.45) is 7.19. The molecule has 0 spiro atoms. The first-order chi connectivity index (χ1) is 14.2. The molecule has 0 radical (unpaired) electrons. The third-order valence-electron chi connectivity index (χ3n) is 6.02. The molecule has 2 N–H and O–H groups in total. The third kappa shape index (κ3) is 3.98. The molecule has 1 aromatic carbocycles. The van der Waals surface area contributed by atoms with Crippen molar-refractivity contribution in [2.24, 2.45) is 11.0 Å². The number of ether oxygens (including phenoxy) is 2. The normalized spacial score (nSPS) is 21.4. The Balaban J connectivity index is 1.54. The van der Waals surface area contributed by atoms with E-state index in [4.69, 9.17) is 9.47 Å². The maximum absolute atomic E-state index is 6.32. The van der Waals surface area contributed by atoms with Gasteiger partial charge in [0.25, 0.3) is 0 Å². The van der Waals surface area contributed by atoms with Gasteiger partial charge in [0.05, 0.1) is 31.7 Å². The van der Waals surface area contributed by atoms with Crippen molar-refractivity contribution in [1.29, 1.82) is 0 Å². The van der Waals surface area contributed by atoms with Gasteiger partial charge in [0.1, 0.15) is 11.4 Å². The van der Waals surface area contributed by atoms with E-state index in [1.807, 2.05) is 24.5 Å². The second kappa shape index (κ2) is 8.66. The summed E-state index contributed by atoms with van der Waals surface area (Å²) in [5.41, 5.74) is 7.33. The standard InChI is InChI=1S/C23H28N4O2/c1-4-16-11-18(29-14-15-5-7-17(28-3)8-6-15)12-20(16)22-19-9-10-25-23(19)26-13-21(22)27-24-2/h5-10,13,16,18,20,27H,2,4,11-12,14H2,1,3H3,(H,25,26)/t16-,18+,20?/m1/s1. The number of methoxy groups -OCH3 is 1. The van der Waals surface area contributed by atoms with Crippen molar-refractivity contribution in [3.05, 3.63) is 53.9 Å². The quantitative estimate of drug-likeness (QED) is 0.414. The fourth-order valence-electron chi connectivity index (χ4n) is 4.55. The minimum Gasteiger partial charge on any atom is -0.497 e. The maximum atomic E-state index is 6.32. The molecule has 2 aromatic heterocycles. The number of hydrogen-bond donors (Lipinski definition) is 2. The van der Waals surface area contributed by atoms with Gasteiger partial charge < -0.3 is 14.5 Å². The van der Waals surface area contributed by atoms with E-state index in [1.165, 1.54) is 5.56 Å². The van der Waals surface area contributed by atoms with Crippen molar-refractivity contribution < 1.29 is 9.47 Å². The number of benzene rings is 1. The molecule has 0 saturated heterocycles. The molecule has 4 rings (SSSR count). The highest BCUT2D eigenvalue weighted by atomic mass is 16.5. The van der Waals surface area contributed by atoms with Crippen LogP contribution >= 0.6 is 0 Å². The van der Waals surface area contributed by atoms with Crippen molar-refractivity contribution in [2.45, 2.75) is 44.8 Å². The molecule has 6 heteroatoms. The lowest BCUT2D eigenvalue weighted by Gasteiger charge is -2.21. The molecule has 1 unspecified atom stereocenters. The van der Waals surface area contributed by atoms with Crippen LogP contribution in [0.15, 0.2) is 47.8 Å². The number of hydrogen-bond acceptors (Lipinski definition) is 5. The zero-order valence-electron chi connectivity index (χ0n) is 17.0. The molecule has 1 fully saturated rings. The number of fused-ring (bicyclic) bond motifs is 1. The summed E-state index contributed by atoms with van der Waals surface area (Å²) in [6, 6.07) is 10.2. The number of hydrazone groups is 1. The van der Waals surface area contributed by atoms with E-state index in [9.17, 15) is 0 Å². The Morgan fingerprint density at radius 1 is 1.24 bits per heavy atom. The van der Waals surface area contributed by atoms with E-state index >= 15 is 0 Å². The topological polar surface area (TPSA) is 71.5 Å². The van der Waals surface area contributed by atoms with Crippen molar-refractivity contribution in [3.8, 4) is 5.75 Å². The first-order valence-corrected chi connectivity index (χ1v) is 10.2. The summed E-state index contributed by atoms with van der Waals surface area (Å²) >= 11 is 0. The minimum absolute atomic E-state index is 0.235. The molecule has 1 aliphatic carbocycles. The number of aromatic amines is 1. The Morgan fingerprint density at radius 2 is 2.07 bits per heavy atom. The molecule has 3 atom stereocenters. The van der Waals surface area contributed by atoms with Crippen molar-refractivity contribution >= 4 is 23.4 Å². The molecule has 0 aliphatic heterocycles. The van der Waals surface area contributed by atoms with Gasteiger partial charge in [-0.1, -0.05) is 25.5 Å². The van der Waals surface area contributed by atoms with Crippen LogP contribution in [0.2, 0.25) is 0 Å². The number of pyridine rings is 1. The molecular weight excluding hydrogens is 364 g/mol. The SMILES string of the molecule is C=NNc1cnc2[nH]ccc2c1C1C[C@@H](OCc2ccc(OC)cc2)C[C@H]1CC. The number of rotatable bonds is 8. The van der Waals surface area contributed by atoms with Crippen LogP contribution in [0.25, 0.3) is 11.0 Å². The monoisotopic (exact) mass is 392 g/mol. The van der Waals surface area contributed by atoms with Crippen LogP contribution in [-0.4, -0.2) is 29.9 Å². The summed E-state index contributed by atoms with van der Waals surface area (Å²) in [7, 11) is 1.68. The number of aromatic nitrogens is 2. The first kappa shape index (κ1) is 19.5. The van der Waals surface area contributed by atoms with Crippen molar-refractivity contribution in [3.63, 3.8) is 0 Å². The Hall–Kier alpha value is -2.86. The summed E-state index contributed by atoms with van der Waals surface area (Å²) in [6.45, 7) is 6.47. The fraction of sp³-hybridized carbons (Fsp3) is 0.391. The van der Waals surface area contributed by atoms with Gasteiger partial charge in [0, 0.05) is 18.3 Å². The average Bonchev–Trinajstić information content (AvgIpc) is 3.39. The summed E-state index contributed by atoms with van der Waals surface area (Å²) < 4.78 is 11.6. The molecule has 0 bridgehead atoms. The first-order valence-electron chi connectivity index (χ1n) is 10.2. The van der Waals surface area contributed by atoms with Gasteiger partial charge in [-0.2, -0.15) is 5.10 Å². The molecule has 2 heterocycles. The second-order valence-corrected chi connectivity index (χ2v) is 7.62. The van der Waals surface area contributed by atoms with E-state index < -0.39 is 0 Å². The van der Waals surface area contributed by atoms with Crippen LogP contribution in [0.1, 0.15) is 43.2 Å². The Bertz CT molecular complexity index is 967. The maximum Gasteiger partial charge on any atom is 0.137 e. The number of nitrogens with zero attached hydrogens (tertiary/aromatic N) is 2. The summed E-state index contributed by atoms with van der Waals surface area (Å²) in [5, 5.41) is 5.05.